The fourth-order valence-electron chi connectivity index (χ4n) is 2.06. The Morgan fingerprint density at radius 1 is 1.26 bits per heavy atom. The van der Waals surface area contributed by atoms with Crippen LogP contribution in [0.4, 0.5) is 0 Å². The van der Waals surface area contributed by atoms with Crippen molar-refractivity contribution in [3.8, 4) is 0 Å². The fourth-order valence-corrected chi connectivity index (χ4v) is 6.74. The molecule has 0 aromatic carbocycles. The van der Waals surface area contributed by atoms with E-state index in [4.69, 9.17) is 4.74 Å². The van der Waals surface area contributed by atoms with Crippen LogP contribution in [0.25, 0.3) is 0 Å². The summed E-state index contributed by atoms with van der Waals surface area (Å²) in [5.41, 5.74) is 0. The molecule has 0 aliphatic rings. The van der Waals surface area contributed by atoms with Crippen LogP contribution in [0.15, 0.2) is 25.3 Å². The highest BCUT2D eigenvalue weighted by Gasteiger charge is 2.35. The second kappa shape index (κ2) is 10.0. The van der Waals surface area contributed by atoms with E-state index in [0.29, 0.717) is 18.9 Å². The van der Waals surface area contributed by atoms with E-state index < -0.39 is 30.1 Å². The molecule has 23 heavy (non-hydrogen) atoms. The predicted molar refractivity (Wildman–Crippen MR) is 98.7 cm³/mol. The molecular weight excluding hydrogens is 330 g/mol. The number of hydrogen-bond donors (Lipinski definition) is 0. The van der Waals surface area contributed by atoms with Crippen LogP contribution in [0.2, 0.25) is 25.7 Å². The highest BCUT2D eigenvalue weighted by atomic mass is 32.2. The zero-order chi connectivity index (χ0) is 18.1. The van der Waals surface area contributed by atoms with Gasteiger partial charge in [-0.3, -0.25) is 4.79 Å². The first-order valence-electron chi connectivity index (χ1n) is 7.88. The maximum atomic E-state index is 12.8. The maximum absolute atomic E-state index is 12.8. The lowest BCUT2D eigenvalue weighted by Gasteiger charge is -2.29. The summed E-state index contributed by atoms with van der Waals surface area (Å²) < 4.78 is 31.7. The van der Waals surface area contributed by atoms with Gasteiger partial charge >= 0.3 is 5.97 Å². The van der Waals surface area contributed by atoms with Crippen molar-refractivity contribution in [3.63, 3.8) is 0 Å². The number of allylic oxidation sites excluding steroid dienone is 1. The molecule has 5 nitrogen and oxygen atoms in total. The standard InChI is InChI=1S/C16H31NO4SSi/c1-7-9-10-12-17(15(11-8-2)16(18)21-3)22(19,20)13-14-23(4,5)6/h7-8,15H,1-2,9-14H2,3-6H3. The summed E-state index contributed by atoms with van der Waals surface area (Å²) in [6.45, 7) is 14.0. The lowest BCUT2D eigenvalue weighted by atomic mass is 10.2. The molecule has 0 aliphatic carbocycles. The third-order valence-corrected chi connectivity index (χ3v) is 7.45. The van der Waals surface area contributed by atoms with Gasteiger partial charge in [0, 0.05) is 14.6 Å². The number of esters is 1. The van der Waals surface area contributed by atoms with Crippen molar-refractivity contribution in [2.24, 2.45) is 0 Å². The van der Waals surface area contributed by atoms with Crippen LogP contribution in [0, 0.1) is 0 Å². The fraction of sp³-hybridized carbons (Fsp3) is 0.688. The molecule has 1 unspecified atom stereocenters. The Bertz CT molecular complexity index is 497. The Morgan fingerprint density at radius 3 is 2.30 bits per heavy atom. The molecule has 0 saturated heterocycles. The van der Waals surface area contributed by atoms with Crippen molar-refractivity contribution in [1.29, 1.82) is 0 Å². The topological polar surface area (TPSA) is 63.7 Å². The van der Waals surface area contributed by atoms with Gasteiger partial charge in [0.1, 0.15) is 6.04 Å². The van der Waals surface area contributed by atoms with E-state index in [-0.39, 0.29) is 18.7 Å². The van der Waals surface area contributed by atoms with Gasteiger partial charge in [0.05, 0.1) is 12.9 Å². The van der Waals surface area contributed by atoms with Gasteiger partial charge in [-0.05, 0) is 25.3 Å². The van der Waals surface area contributed by atoms with Gasteiger partial charge in [0.15, 0.2) is 0 Å². The van der Waals surface area contributed by atoms with Gasteiger partial charge in [-0.25, -0.2) is 8.42 Å². The van der Waals surface area contributed by atoms with Crippen molar-refractivity contribution in [2.75, 3.05) is 19.4 Å². The Balaban J connectivity index is 5.41. The summed E-state index contributed by atoms with van der Waals surface area (Å²) in [5, 5.41) is 0. The molecule has 0 fully saturated rings. The van der Waals surface area contributed by atoms with Crippen LogP contribution >= 0.6 is 0 Å². The molecule has 0 N–H and O–H groups in total. The van der Waals surface area contributed by atoms with Crippen LogP contribution in [-0.4, -0.2) is 52.2 Å². The third-order valence-electron chi connectivity index (χ3n) is 3.46. The van der Waals surface area contributed by atoms with E-state index in [1.807, 2.05) is 0 Å². The summed E-state index contributed by atoms with van der Waals surface area (Å²) in [7, 11) is -3.75. The molecule has 0 aliphatic heterocycles. The second-order valence-electron chi connectivity index (χ2n) is 6.73. The lowest BCUT2D eigenvalue weighted by Crippen LogP contribution is -2.47. The number of unbranched alkanes of at least 4 members (excludes halogenated alkanes) is 1. The van der Waals surface area contributed by atoms with Gasteiger partial charge in [0.25, 0.3) is 0 Å². The Labute approximate surface area is 142 Å². The number of carbonyl (C=O) groups excluding carboxylic acids is 1. The minimum absolute atomic E-state index is 0.0709. The van der Waals surface area contributed by atoms with Gasteiger partial charge in [-0.1, -0.05) is 31.8 Å². The molecule has 0 radical (unpaired) electrons. The minimum Gasteiger partial charge on any atom is -0.468 e. The summed E-state index contributed by atoms with van der Waals surface area (Å²) in [4.78, 5) is 12.0. The molecule has 1 atom stereocenters. The van der Waals surface area contributed by atoms with Gasteiger partial charge in [-0.2, -0.15) is 4.31 Å². The molecule has 0 bridgehead atoms. The summed E-state index contributed by atoms with van der Waals surface area (Å²) in [6.07, 6.45) is 4.86. The number of carbonyl (C=O) groups is 1. The lowest BCUT2D eigenvalue weighted by molar-refractivity contribution is -0.145. The quantitative estimate of drug-likeness (QED) is 0.232. The summed E-state index contributed by atoms with van der Waals surface area (Å²) >= 11 is 0. The van der Waals surface area contributed by atoms with E-state index in [0.717, 1.165) is 0 Å². The summed E-state index contributed by atoms with van der Waals surface area (Å²) in [5.74, 6) is -0.471. The van der Waals surface area contributed by atoms with Crippen molar-refractivity contribution in [2.45, 2.75) is 51.0 Å². The molecule has 7 heteroatoms. The number of rotatable bonds is 12. The Kier molecular flexibility index (Phi) is 9.65. The predicted octanol–water partition coefficient (Wildman–Crippen LogP) is 3.04. The third kappa shape index (κ3) is 8.48. The first-order valence-corrected chi connectivity index (χ1v) is 13.2. The van der Waals surface area contributed by atoms with E-state index in [2.05, 4.69) is 32.8 Å². The largest absolute Gasteiger partial charge is 0.468 e. The average molecular weight is 362 g/mol. The Morgan fingerprint density at radius 2 is 1.87 bits per heavy atom. The highest BCUT2D eigenvalue weighted by Crippen LogP contribution is 2.19. The van der Waals surface area contributed by atoms with Crippen LogP contribution in [0.5, 0.6) is 0 Å². The van der Waals surface area contributed by atoms with Crippen molar-refractivity contribution < 1.29 is 17.9 Å². The second-order valence-corrected chi connectivity index (χ2v) is 14.4. The zero-order valence-electron chi connectivity index (χ0n) is 14.9. The van der Waals surface area contributed by atoms with Gasteiger partial charge < -0.3 is 4.74 Å². The van der Waals surface area contributed by atoms with E-state index >= 15 is 0 Å². The molecule has 0 rings (SSSR count). The molecule has 0 spiro atoms. The molecule has 0 amide bonds. The molecule has 134 valence electrons. The minimum atomic E-state index is -3.53. The van der Waals surface area contributed by atoms with E-state index in [9.17, 15) is 13.2 Å². The normalized spacial score (nSPS) is 13.6. The molecular formula is C16H31NO4SSi. The van der Waals surface area contributed by atoms with E-state index in [1.54, 1.807) is 12.2 Å². The number of hydrogen-bond acceptors (Lipinski definition) is 4. The number of sulfonamides is 1. The summed E-state index contributed by atoms with van der Waals surface area (Å²) in [6, 6.07) is -0.177. The first kappa shape index (κ1) is 22.1. The van der Waals surface area contributed by atoms with E-state index in [1.165, 1.54) is 11.4 Å². The van der Waals surface area contributed by atoms with Crippen molar-refractivity contribution in [1.82, 2.24) is 4.31 Å². The molecule has 0 saturated carbocycles. The molecule has 0 aromatic heterocycles. The van der Waals surface area contributed by atoms with Crippen LogP contribution < -0.4 is 0 Å². The molecule has 0 heterocycles. The highest BCUT2D eigenvalue weighted by molar-refractivity contribution is 7.89. The monoisotopic (exact) mass is 361 g/mol. The van der Waals surface area contributed by atoms with Crippen molar-refractivity contribution >= 4 is 24.1 Å². The van der Waals surface area contributed by atoms with Crippen LogP contribution in [0.1, 0.15) is 19.3 Å². The van der Waals surface area contributed by atoms with Gasteiger partial charge in [-0.15, -0.1) is 13.2 Å². The van der Waals surface area contributed by atoms with Crippen molar-refractivity contribution in [3.05, 3.63) is 25.3 Å². The first-order chi connectivity index (χ1) is 10.6. The maximum Gasteiger partial charge on any atom is 0.324 e. The zero-order valence-corrected chi connectivity index (χ0v) is 16.7. The van der Waals surface area contributed by atoms with Crippen LogP contribution in [0.3, 0.4) is 0 Å². The molecule has 0 aromatic rings. The van der Waals surface area contributed by atoms with Gasteiger partial charge in [0.2, 0.25) is 10.0 Å². The number of methoxy groups -OCH3 is 1. The number of ether oxygens (including phenoxy) is 1. The SMILES string of the molecule is C=CCCCN(C(CC=C)C(=O)OC)S(=O)(=O)CC[Si](C)(C)C. The Hall–Kier alpha value is -0.923. The smallest absolute Gasteiger partial charge is 0.324 e. The van der Waals surface area contributed by atoms with Crippen LogP contribution in [-0.2, 0) is 19.6 Å². The number of nitrogens with zero attached hydrogens (tertiary/aromatic N) is 1. The average Bonchev–Trinajstić information content (AvgIpc) is 2.46.